The lowest BCUT2D eigenvalue weighted by Crippen LogP contribution is -2.29. The molecule has 0 fully saturated rings. The zero-order chi connectivity index (χ0) is 17.1. The van der Waals surface area contributed by atoms with E-state index in [2.05, 4.69) is 0 Å². The lowest BCUT2D eigenvalue weighted by atomic mass is 10.2. The van der Waals surface area contributed by atoms with Crippen LogP contribution in [0.1, 0.15) is 26.2 Å². The lowest BCUT2D eigenvalue weighted by Gasteiger charge is -2.16. The zero-order valence-electron chi connectivity index (χ0n) is 14.0. The van der Waals surface area contributed by atoms with Crippen molar-refractivity contribution >= 4 is 11.9 Å². The summed E-state index contributed by atoms with van der Waals surface area (Å²) >= 11 is 0. The Hall–Kier alpha value is -2.24. The van der Waals surface area contributed by atoms with Gasteiger partial charge in [0.15, 0.2) is 0 Å². The van der Waals surface area contributed by atoms with Crippen molar-refractivity contribution in [3.8, 4) is 11.5 Å². The number of nitrogens with zero attached hydrogens (tertiary/aromatic N) is 1. The fraction of sp³-hybridized carbons (Fsp3) is 0.529. The van der Waals surface area contributed by atoms with Gasteiger partial charge in [0.05, 0.1) is 26.7 Å². The Labute approximate surface area is 137 Å². The van der Waals surface area contributed by atoms with Crippen molar-refractivity contribution in [2.75, 3.05) is 33.9 Å². The standard InChI is InChI=1S/C17H25NO5/c1-4-22-17(20)11-12-18(2)16(19)6-5-13-23-15-9-7-14(21-3)8-10-15/h7-10H,4-6,11-13H2,1-3H3. The minimum Gasteiger partial charge on any atom is -0.497 e. The van der Waals surface area contributed by atoms with E-state index in [4.69, 9.17) is 14.2 Å². The molecule has 0 aliphatic rings. The van der Waals surface area contributed by atoms with Crippen molar-refractivity contribution in [3.05, 3.63) is 24.3 Å². The molecule has 0 bridgehead atoms. The van der Waals surface area contributed by atoms with Crippen LogP contribution in [0.2, 0.25) is 0 Å². The highest BCUT2D eigenvalue weighted by Gasteiger charge is 2.11. The van der Waals surface area contributed by atoms with Gasteiger partial charge in [0.1, 0.15) is 11.5 Å². The molecule has 0 heterocycles. The van der Waals surface area contributed by atoms with Gasteiger partial charge in [-0.15, -0.1) is 0 Å². The summed E-state index contributed by atoms with van der Waals surface area (Å²) in [4.78, 5) is 24.7. The van der Waals surface area contributed by atoms with Gasteiger partial charge in [0, 0.05) is 20.0 Å². The van der Waals surface area contributed by atoms with Gasteiger partial charge in [0.25, 0.3) is 0 Å². The van der Waals surface area contributed by atoms with Gasteiger partial charge in [-0.25, -0.2) is 0 Å². The number of benzene rings is 1. The Morgan fingerprint density at radius 1 is 1.09 bits per heavy atom. The molecule has 6 heteroatoms. The molecule has 0 aliphatic carbocycles. The highest BCUT2D eigenvalue weighted by atomic mass is 16.5. The normalized spacial score (nSPS) is 10.0. The zero-order valence-corrected chi connectivity index (χ0v) is 14.0. The van der Waals surface area contributed by atoms with Crippen LogP contribution in [0.4, 0.5) is 0 Å². The minimum atomic E-state index is -0.282. The molecule has 6 nitrogen and oxygen atoms in total. The highest BCUT2D eigenvalue weighted by Crippen LogP contribution is 2.17. The molecular formula is C17H25NO5. The summed E-state index contributed by atoms with van der Waals surface area (Å²) in [6, 6.07) is 7.30. The van der Waals surface area contributed by atoms with E-state index >= 15 is 0 Å². The molecule has 0 atom stereocenters. The molecule has 0 aromatic heterocycles. The molecule has 0 saturated carbocycles. The molecule has 0 N–H and O–H groups in total. The van der Waals surface area contributed by atoms with Crippen molar-refractivity contribution in [1.82, 2.24) is 4.90 Å². The second-order valence-electron chi connectivity index (χ2n) is 5.00. The minimum absolute atomic E-state index is 0.00682. The quantitative estimate of drug-likeness (QED) is 0.488. The number of esters is 1. The molecule has 0 spiro atoms. The van der Waals surface area contributed by atoms with Crippen LogP contribution in [0.15, 0.2) is 24.3 Å². The predicted molar refractivity (Wildman–Crippen MR) is 86.6 cm³/mol. The average Bonchev–Trinajstić information content (AvgIpc) is 2.57. The summed E-state index contributed by atoms with van der Waals surface area (Å²) in [7, 11) is 3.30. The molecule has 0 aliphatic heterocycles. The summed E-state index contributed by atoms with van der Waals surface area (Å²) in [5.74, 6) is 1.23. The molecule has 1 aromatic carbocycles. The van der Waals surface area contributed by atoms with Gasteiger partial charge < -0.3 is 19.1 Å². The SMILES string of the molecule is CCOC(=O)CCN(C)C(=O)CCCOc1ccc(OC)cc1. The lowest BCUT2D eigenvalue weighted by molar-refractivity contribution is -0.143. The maximum Gasteiger partial charge on any atom is 0.307 e. The van der Waals surface area contributed by atoms with Gasteiger partial charge in [-0.3, -0.25) is 9.59 Å². The van der Waals surface area contributed by atoms with Crippen LogP contribution in [0.5, 0.6) is 11.5 Å². The van der Waals surface area contributed by atoms with Gasteiger partial charge in [0.2, 0.25) is 5.91 Å². The summed E-state index contributed by atoms with van der Waals surface area (Å²) in [6.07, 6.45) is 1.22. The second-order valence-corrected chi connectivity index (χ2v) is 5.00. The summed E-state index contributed by atoms with van der Waals surface area (Å²) in [5, 5.41) is 0. The van der Waals surface area contributed by atoms with Gasteiger partial charge >= 0.3 is 5.97 Å². The number of carbonyl (C=O) groups is 2. The van der Waals surface area contributed by atoms with Crippen LogP contribution in [0.25, 0.3) is 0 Å². The van der Waals surface area contributed by atoms with E-state index < -0.39 is 0 Å². The van der Waals surface area contributed by atoms with E-state index in [1.54, 1.807) is 26.0 Å². The Balaban J connectivity index is 2.18. The van der Waals surface area contributed by atoms with Crippen molar-refractivity contribution in [2.45, 2.75) is 26.2 Å². The molecule has 23 heavy (non-hydrogen) atoms. The van der Waals surface area contributed by atoms with Crippen LogP contribution < -0.4 is 9.47 Å². The molecule has 0 saturated heterocycles. The van der Waals surface area contributed by atoms with E-state index in [1.807, 2.05) is 24.3 Å². The van der Waals surface area contributed by atoms with Crippen LogP contribution in [-0.2, 0) is 14.3 Å². The van der Waals surface area contributed by atoms with Crippen LogP contribution in [0.3, 0.4) is 0 Å². The summed E-state index contributed by atoms with van der Waals surface area (Å²) in [6.45, 7) is 2.95. The van der Waals surface area contributed by atoms with E-state index in [9.17, 15) is 9.59 Å². The second kappa shape index (κ2) is 10.5. The predicted octanol–water partition coefficient (Wildman–Crippen LogP) is 2.27. The number of amides is 1. The first-order valence-electron chi connectivity index (χ1n) is 7.73. The van der Waals surface area contributed by atoms with Gasteiger partial charge in [-0.05, 0) is 37.6 Å². The first kappa shape index (κ1) is 18.8. The molecule has 0 radical (unpaired) electrons. The fourth-order valence-corrected chi connectivity index (χ4v) is 1.89. The Morgan fingerprint density at radius 3 is 2.35 bits per heavy atom. The number of ether oxygens (including phenoxy) is 3. The molecule has 1 rings (SSSR count). The smallest absolute Gasteiger partial charge is 0.307 e. The van der Waals surface area contributed by atoms with E-state index in [1.165, 1.54) is 0 Å². The average molecular weight is 323 g/mol. The highest BCUT2D eigenvalue weighted by molar-refractivity contribution is 5.77. The van der Waals surface area contributed by atoms with Crippen molar-refractivity contribution in [3.63, 3.8) is 0 Å². The first-order chi connectivity index (χ1) is 11.1. The molecule has 1 amide bonds. The third-order valence-electron chi connectivity index (χ3n) is 3.25. The van der Waals surface area contributed by atoms with Gasteiger partial charge in [-0.1, -0.05) is 0 Å². The molecule has 128 valence electrons. The van der Waals surface area contributed by atoms with Crippen molar-refractivity contribution in [2.24, 2.45) is 0 Å². The van der Waals surface area contributed by atoms with Crippen molar-refractivity contribution in [1.29, 1.82) is 0 Å². The maximum absolute atomic E-state index is 11.9. The van der Waals surface area contributed by atoms with Crippen LogP contribution in [0, 0.1) is 0 Å². The van der Waals surface area contributed by atoms with Crippen molar-refractivity contribution < 1.29 is 23.8 Å². The third-order valence-corrected chi connectivity index (χ3v) is 3.25. The number of hydrogen-bond acceptors (Lipinski definition) is 5. The first-order valence-corrected chi connectivity index (χ1v) is 7.73. The third kappa shape index (κ3) is 7.54. The van der Waals surface area contributed by atoms with Crippen LogP contribution in [-0.4, -0.2) is 50.7 Å². The van der Waals surface area contributed by atoms with E-state index in [0.29, 0.717) is 32.6 Å². The Bertz CT molecular complexity index is 486. The fourth-order valence-electron chi connectivity index (χ4n) is 1.89. The number of rotatable bonds is 10. The molecule has 0 unspecified atom stereocenters. The maximum atomic E-state index is 11.9. The monoisotopic (exact) mass is 323 g/mol. The largest absolute Gasteiger partial charge is 0.497 e. The van der Waals surface area contributed by atoms with E-state index in [-0.39, 0.29) is 18.3 Å². The molecular weight excluding hydrogens is 298 g/mol. The summed E-state index contributed by atoms with van der Waals surface area (Å²) in [5.41, 5.74) is 0. The van der Waals surface area contributed by atoms with Gasteiger partial charge in [-0.2, -0.15) is 0 Å². The van der Waals surface area contributed by atoms with E-state index in [0.717, 1.165) is 11.5 Å². The number of methoxy groups -OCH3 is 1. The Kier molecular flexibility index (Phi) is 8.57. The number of carbonyl (C=O) groups excluding carboxylic acids is 2. The van der Waals surface area contributed by atoms with Crippen LogP contribution >= 0.6 is 0 Å². The number of hydrogen-bond donors (Lipinski definition) is 0. The Morgan fingerprint density at radius 2 is 1.74 bits per heavy atom. The summed E-state index contributed by atoms with van der Waals surface area (Å²) < 4.78 is 15.5. The topological polar surface area (TPSA) is 65.1 Å². The molecule has 1 aromatic rings.